The first kappa shape index (κ1) is 10.8. The molecule has 1 heterocycles. The first-order chi connectivity index (χ1) is 7.79. The van der Waals surface area contributed by atoms with Crippen molar-refractivity contribution in [2.24, 2.45) is 5.73 Å². The lowest BCUT2D eigenvalue weighted by Gasteiger charge is -2.01. The van der Waals surface area contributed by atoms with Crippen molar-refractivity contribution in [3.8, 4) is 0 Å². The van der Waals surface area contributed by atoms with E-state index in [1.165, 1.54) is 11.3 Å². The predicted octanol–water partition coefficient (Wildman–Crippen LogP) is 1.85. The topological polar surface area (TPSA) is 68.0 Å². The van der Waals surface area contributed by atoms with E-state index in [0.29, 0.717) is 12.2 Å². The smallest absolute Gasteiger partial charge is 0.275 e. The Morgan fingerprint density at radius 1 is 1.38 bits per heavy atom. The molecular weight excluding hydrogens is 222 g/mol. The van der Waals surface area contributed by atoms with E-state index in [1.54, 1.807) is 5.38 Å². The van der Waals surface area contributed by atoms with Crippen molar-refractivity contribution in [1.82, 2.24) is 4.98 Å². The Morgan fingerprint density at radius 2 is 2.12 bits per heavy atom. The van der Waals surface area contributed by atoms with Gasteiger partial charge in [0.2, 0.25) is 0 Å². The van der Waals surface area contributed by atoms with Crippen LogP contribution in [0.4, 0.5) is 5.69 Å². The Hall–Kier alpha value is -1.72. The maximum Gasteiger partial charge on any atom is 0.275 e. The number of nitrogens with one attached hydrogen (secondary N) is 1. The molecule has 1 aromatic heterocycles. The minimum absolute atomic E-state index is 0.206. The number of carbonyl (C=O) groups is 1. The molecule has 1 aromatic carbocycles. The molecular formula is C11H11N3OS. The number of anilines is 1. The van der Waals surface area contributed by atoms with Gasteiger partial charge in [0, 0.05) is 17.6 Å². The molecule has 0 unspecified atom stereocenters. The highest BCUT2D eigenvalue weighted by molar-refractivity contribution is 7.09. The second-order valence-electron chi connectivity index (χ2n) is 3.15. The molecule has 5 heteroatoms. The van der Waals surface area contributed by atoms with Crippen LogP contribution in [0, 0.1) is 0 Å². The Morgan fingerprint density at radius 3 is 2.75 bits per heavy atom. The quantitative estimate of drug-likeness (QED) is 0.850. The number of nitrogens with zero attached hydrogens (tertiary/aromatic N) is 1. The molecule has 0 atom stereocenters. The molecule has 0 aliphatic carbocycles. The van der Waals surface area contributed by atoms with Crippen molar-refractivity contribution in [3.63, 3.8) is 0 Å². The number of para-hydroxylation sites is 1. The molecule has 82 valence electrons. The van der Waals surface area contributed by atoms with Gasteiger partial charge in [0.25, 0.3) is 5.91 Å². The van der Waals surface area contributed by atoms with Crippen LogP contribution in [0.5, 0.6) is 0 Å². The van der Waals surface area contributed by atoms with E-state index in [0.717, 1.165) is 10.7 Å². The number of hydrogen-bond donors (Lipinski definition) is 2. The lowest BCUT2D eigenvalue weighted by atomic mass is 10.3. The van der Waals surface area contributed by atoms with Crippen LogP contribution in [0.25, 0.3) is 0 Å². The Bertz CT molecular complexity index is 481. The highest BCUT2D eigenvalue weighted by atomic mass is 32.1. The summed E-state index contributed by atoms with van der Waals surface area (Å²) in [5.41, 5.74) is 6.60. The van der Waals surface area contributed by atoms with Gasteiger partial charge in [-0.1, -0.05) is 18.2 Å². The van der Waals surface area contributed by atoms with Crippen molar-refractivity contribution >= 4 is 22.9 Å². The summed E-state index contributed by atoms with van der Waals surface area (Å²) in [7, 11) is 0. The summed E-state index contributed by atoms with van der Waals surface area (Å²) in [6.07, 6.45) is 0. The van der Waals surface area contributed by atoms with Crippen LogP contribution in [0.3, 0.4) is 0 Å². The fraction of sp³-hybridized carbons (Fsp3) is 0.0909. The number of nitrogens with two attached hydrogens (primary N) is 1. The van der Waals surface area contributed by atoms with Crippen molar-refractivity contribution in [3.05, 3.63) is 46.4 Å². The van der Waals surface area contributed by atoms with Crippen LogP contribution in [0.2, 0.25) is 0 Å². The summed E-state index contributed by atoms with van der Waals surface area (Å²) < 4.78 is 0. The first-order valence-electron chi connectivity index (χ1n) is 4.80. The zero-order valence-corrected chi connectivity index (χ0v) is 9.33. The Balaban J connectivity index is 2.09. The summed E-state index contributed by atoms with van der Waals surface area (Å²) >= 11 is 1.39. The molecule has 2 aromatic rings. The van der Waals surface area contributed by atoms with Crippen molar-refractivity contribution in [2.45, 2.75) is 6.54 Å². The van der Waals surface area contributed by atoms with Crippen LogP contribution in [-0.4, -0.2) is 10.9 Å². The molecule has 0 fully saturated rings. The molecule has 2 rings (SSSR count). The maximum absolute atomic E-state index is 11.7. The molecule has 0 aliphatic rings. The van der Waals surface area contributed by atoms with E-state index in [4.69, 9.17) is 5.73 Å². The van der Waals surface area contributed by atoms with E-state index >= 15 is 0 Å². The maximum atomic E-state index is 11.7. The van der Waals surface area contributed by atoms with Crippen LogP contribution < -0.4 is 11.1 Å². The van der Waals surface area contributed by atoms with Gasteiger partial charge in [-0.05, 0) is 12.1 Å². The number of carbonyl (C=O) groups excluding carboxylic acids is 1. The van der Waals surface area contributed by atoms with Gasteiger partial charge in [-0.15, -0.1) is 11.3 Å². The molecule has 4 nitrogen and oxygen atoms in total. The molecule has 1 amide bonds. The van der Waals surface area contributed by atoms with Crippen molar-refractivity contribution in [2.75, 3.05) is 5.32 Å². The molecule has 3 N–H and O–H groups in total. The van der Waals surface area contributed by atoms with Crippen LogP contribution in [0.1, 0.15) is 15.5 Å². The van der Waals surface area contributed by atoms with E-state index < -0.39 is 0 Å². The van der Waals surface area contributed by atoms with E-state index in [9.17, 15) is 4.79 Å². The van der Waals surface area contributed by atoms with Gasteiger partial charge in [0.1, 0.15) is 10.7 Å². The van der Waals surface area contributed by atoms with Gasteiger partial charge < -0.3 is 11.1 Å². The van der Waals surface area contributed by atoms with Crippen LogP contribution in [0.15, 0.2) is 35.7 Å². The third-order valence-electron chi connectivity index (χ3n) is 1.99. The molecule has 0 saturated heterocycles. The lowest BCUT2D eigenvalue weighted by Crippen LogP contribution is -2.12. The number of hydrogen-bond acceptors (Lipinski definition) is 4. The minimum atomic E-state index is -0.206. The number of thiazole rings is 1. The molecule has 0 radical (unpaired) electrons. The third-order valence-corrected chi connectivity index (χ3v) is 2.86. The third kappa shape index (κ3) is 2.44. The van der Waals surface area contributed by atoms with Crippen molar-refractivity contribution in [1.29, 1.82) is 0 Å². The normalized spacial score (nSPS) is 10.1. The summed E-state index contributed by atoms with van der Waals surface area (Å²) in [4.78, 5) is 15.8. The summed E-state index contributed by atoms with van der Waals surface area (Å²) in [6.45, 7) is 0.364. The summed E-state index contributed by atoms with van der Waals surface area (Å²) in [5, 5.41) is 5.23. The zero-order chi connectivity index (χ0) is 11.4. The van der Waals surface area contributed by atoms with Gasteiger partial charge in [0.15, 0.2) is 0 Å². The highest BCUT2D eigenvalue weighted by Crippen LogP contribution is 2.12. The molecule has 0 bridgehead atoms. The first-order valence-corrected chi connectivity index (χ1v) is 5.68. The van der Waals surface area contributed by atoms with Gasteiger partial charge in [0.05, 0.1) is 0 Å². The minimum Gasteiger partial charge on any atom is -0.325 e. The van der Waals surface area contributed by atoms with Crippen molar-refractivity contribution < 1.29 is 4.79 Å². The second kappa shape index (κ2) is 4.87. The monoisotopic (exact) mass is 233 g/mol. The second-order valence-corrected chi connectivity index (χ2v) is 4.09. The standard InChI is InChI=1S/C11H11N3OS/c12-6-10-14-9(7-16-10)11(15)13-8-4-2-1-3-5-8/h1-5,7H,6,12H2,(H,13,15). The SMILES string of the molecule is NCc1nc(C(=O)Nc2ccccc2)cs1. The van der Waals surface area contributed by atoms with E-state index in [1.807, 2.05) is 30.3 Å². The van der Waals surface area contributed by atoms with E-state index in [-0.39, 0.29) is 5.91 Å². The molecule has 0 aliphatic heterocycles. The van der Waals surface area contributed by atoms with Gasteiger partial charge in [-0.2, -0.15) is 0 Å². The van der Waals surface area contributed by atoms with Crippen LogP contribution in [-0.2, 0) is 6.54 Å². The molecule has 0 spiro atoms. The van der Waals surface area contributed by atoms with Gasteiger partial charge >= 0.3 is 0 Å². The largest absolute Gasteiger partial charge is 0.325 e. The van der Waals surface area contributed by atoms with E-state index in [2.05, 4.69) is 10.3 Å². The number of amides is 1. The van der Waals surface area contributed by atoms with Crippen LogP contribution >= 0.6 is 11.3 Å². The average molecular weight is 233 g/mol. The van der Waals surface area contributed by atoms with Gasteiger partial charge in [-0.25, -0.2) is 4.98 Å². The average Bonchev–Trinajstić information content (AvgIpc) is 2.79. The molecule has 16 heavy (non-hydrogen) atoms. The summed E-state index contributed by atoms with van der Waals surface area (Å²) in [5.74, 6) is -0.206. The number of aromatic nitrogens is 1. The fourth-order valence-electron chi connectivity index (χ4n) is 1.23. The fourth-order valence-corrected chi connectivity index (χ4v) is 1.88. The predicted molar refractivity (Wildman–Crippen MR) is 64.4 cm³/mol. The Kier molecular flexibility index (Phi) is 3.28. The summed E-state index contributed by atoms with van der Waals surface area (Å²) in [6, 6.07) is 9.27. The molecule has 0 saturated carbocycles. The van der Waals surface area contributed by atoms with Gasteiger partial charge in [-0.3, -0.25) is 4.79 Å². The Labute approximate surface area is 97.1 Å². The number of benzene rings is 1. The highest BCUT2D eigenvalue weighted by Gasteiger charge is 2.09. The zero-order valence-electron chi connectivity index (χ0n) is 8.51. The lowest BCUT2D eigenvalue weighted by molar-refractivity contribution is 0.102. The number of rotatable bonds is 3.